The van der Waals surface area contributed by atoms with Gasteiger partial charge in [-0.3, -0.25) is 0 Å². The number of aliphatic hydroxyl groups is 5. The van der Waals surface area contributed by atoms with Crippen LogP contribution in [0.5, 0.6) is 0 Å². The molecule has 5 N–H and O–H groups in total. The summed E-state index contributed by atoms with van der Waals surface area (Å²) in [4.78, 5) is 0. The topological polar surface area (TPSA) is 120 Å². The van der Waals surface area contributed by atoms with Crippen LogP contribution in [0.25, 0.3) is 0 Å². The maximum Gasteiger partial charge on any atom is 0.186 e. The molecule has 0 amide bonds. The van der Waals surface area contributed by atoms with Crippen molar-refractivity contribution in [1.82, 2.24) is 0 Å². The second-order valence-electron chi connectivity index (χ2n) is 3.65. The van der Waals surface area contributed by atoms with Gasteiger partial charge in [-0.1, -0.05) is 0 Å². The molecular formula is C9H18O7. The fourth-order valence-corrected chi connectivity index (χ4v) is 1.60. The van der Waals surface area contributed by atoms with E-state index in [-0.39, 0.29) is 6.61 Å². The molecule has 1 aliphatic heterocycles. The highest BCUT2D eigenvalue weighted by Crippen LogP contribution is 2.23. The van der Waals surface area contributed by atoms with Crippen LogP contribution in [0.15, 0.2) is 0 Å². The lowest BCUT2D eigenvalue weighted by atomic mass is 9.95. The van der Waals surface area contributed by atoms with Crippen LogP contribution in [0.1, 0.15) is 6.92 Å². The second-order valence-corrected chi connectivity index (χ2v) is 3.65. The molecule has 7 nitrogen and oxygen atoms in total. The molecule has 1 saturated heterocycles. The summed E-state index contributed by atoms with van der Waals surface area (Å²) in [6.07, 6.45) is -8.03. The number of rotatable bonds is 4. The molecule has 1 rings (SSSR count). The number of hydrogen-bond donors (Lipinski definition) is 5. The van der Waals surface area contributed by atoms with Gasteiger partial charge in [0.2, 0.25) is 0 Å². The number of ether oxygens (including phenoxy) is 2. The van der Waals surface area contributed by atoms with Crippen molar-refractivity contribution in [2.75, 3.05) is 13.2 Å². The van der Waals surface area contributed by atoms with E-state index >= 15 is 0 Å². The van der Waals surface area contributed by atoms with Crippen LogP contribution >= 0.6 is 0 Å². The standard InChI is InChI=1S/C9H18O7/c1-2-15-9-7(14)5(12)6(13)8(16-9)4(11)3-10/h4-14H,2-3H2,1H3. The van der Waals surface area contributed by atoms with Crippen LogP contribution in [0.4, 0.5) is 0 Å². The highest BCUT2D eigenvalue weighted by atomic mass is 16.7. The molecule has 6 atom stereocenters. The lowest BCUT2D eigenvalue weighted by Crippen LogP contribution is -2.61. The molecular weight excluding hydrogens is 220 g/mol. The Kier molecular flexibility index (Phi) is 5.06. The Labute approximate surface area is 92.9 Å². The molecule has 0 aromatic carbocycles. The summed E-state index contributed by atoms with van der Waals surface area (Å²) in [6, 6.07) is 0. The minimum atomic E-state index is -1.49. The van der Waals surface area contributed by atoms with Crippen molar-refractivity contribution in [1.29, 1.82) is 0 Å². The van der Waals surface area contributed by atoms with Crippen molar-refractivity contribution >= 4 is 0 Å². The average Bonchev–Trinajstić information content (AvgIpc) is 2.29. The van der Waals surface area contributed by atoms with Crippen LogP contribution in [-0.2, 0) is 9.47 Å². The van der Waals surface area contributed by atoms with E-state index in [2.05, 4.69) is 0 Å². The van der Waals surface area contributed by atoms with Gasteiger partial charge >= 0.3 is 0 Å². The first-order chi connectivity index (χ1) is 7.52. The van der Waals surface area contributed by atoms with Gasteiger partial charge in [-0.2, -0.15) is 0 Å². The summed E-state index contributed by atoms with van der Waals surface area (Å²) in [5.74, 6) is 0. The van der Waals surface area contributed by atoms with Gasteiger partial charge in [0.1, 0.15) is 30.5 Å². The van der Waals surface area contributed by atoms with Crippen LogP contribution in [-0.4, -0.2) is 75.6 Å². The zero-order valence-corrected chi connectivity index (χ0v) is 8.93. The van der Waals surface area contributed by atoms with Crippen molar-refractivity contribution in [3.05, 3.63) is 0 Å². The smallest absolute Gasteiger partial charge is 0.186 e. The van der Waals surface area contributed by atoms with E-state index < -0.39 is 43.4 Å². The summed E-state index contributed by atoms with van der Waals surface area (Å²) in [6.45, 7) is 1.29. The van der Waals surface area contributed by atoms with Gasteiger partial charge < -0.3 is 35.0 Å². The van der Waals surface area contributed by atoms with E-state index in [1.807, 2.05) is 0 Å². The Bertz CT molecular complexity index is 212. The van der Waals surface area contributed by atoms with Gasteiger partial charge in [-0.05, 0) is 6.92 Å². The highest BCUT2D eigenvalue weighted by molar-refractivity contribution is 4.92. The predicted molar refractivity (Wildman–Crippen MR) is 51.4 cm³/mol. The summed E-state index contributed by atoms with van der Waals surface area (Å²) in [5.41, 5.74) is 0. The maximum atomic E-state index is 9.53. The van der Waals surface area contributed by atoms with Crippen LogP contribution < -0.4 is 0 Å². The molecule has 0 bridgehead atoms. The Hall–Kier alpha value is -0.280. The Morgan fingerprint density at radius 2 is 1.81 bits per heavy atom. The second kappa shape index (κ2) is 5.87. The Balaban J connectivity index is 2.72. The lowest BCUT2D eigenvalue weighted by molar-refractivity contribution is -0.310. The molecule has 0 aromatic heterocycles. The summed E-state index contributed by atoms with van der Waals surface area (Å²) < 4.78 is 10.1. The minimum absolute atomic E-state index is 0.243. The number of hydrogen-bond acceptors (Lipinski definition) is 7. The maximum absolute atomic E-state index is 9.53. The van der Waals surface area contributed by atoms with Gasteiger partial charge in [0.05, 0.1) is 6.61 Å². The molecule has 1 fully saturated rings. The minimum Gasteiger partial charge on any atom is -0.394 e. The van der Waals surface area contributed by atoms with E-state index in [1.54, 1.807) is 6.92 Å². The summed E-state index contributed by atoms with van der Waals surface area (Å²) in [7, 11) is 0. The zero-order chi connectivity index (χ0) is 12.3. The molecule has 96 valence electrons. The third-order valence-corrected chi connectivity index (χ3v) is 2.50. The van der Waals surface area contributed by atoms with E-state index in [9.17, 15) is 20.4 Å². The highest BCUT2D eigenvalue weighted by Gasteiger charge is 2.46. The quantitative estimate of drug-likeness (QED) is 0.358. The van der Waals surface area contributed by atoms with E-state index in [4.69, 9.17) is 14.6 Å². The van der Waals surface area contributed by atoms with E-state index in [1.165, 1.54) is 0 Å². The van der Waals surface area contributed by atoms with Gasteiger partial charge in [0.15, 0.2) is 6.29 Å². The first kappa shape index (κ1) is 13.8. The van der Waals surface area contributed by atoms with Gasteiger partial charge in [0, 0.05) is 6.61 Å². The molecule has 0 aliphatic carbocycles. The predicted octanol–water partition coefficient (Wildman–Crippen LogP) is -2.82. The zero-order valence-electron chi connectivity index (χ0n) is 8.93. The van der Waals surface area contributed by atoms with Crippen LogP contribution in [0.3, 0.4) is 0 Å². The monoisotopic (exact) mass is 238 g/mol. The molecule has 0 spiro atoms. The van der Waals surface area contributed by atoms with Crippen molar-refractivity contribution in [3.8, 4) is 0 Å². The van der Waals surface area contributed by atoms with Crippen molar-refractivity contribution in [3.63, 3.8) is 0 Å². The van der Waals surface area contributed by atoms with Gasteiger partial charge in [-0.15, -0.1) is 0 Å². The third kappa shape index (κ3) is 2.69. The first-order valence-corrected chi connectivity index (χ1v) is 5.13. The average molecular weight is 238 g/mol. The molecule has 16 heavy (non-hydrogen) atoms. The van der Waals surface area contributed by atoms with Crippen molar-refractivity contribution < 1.29 is 35.0 Å². The molecule has 0 saturated carbocycles. The summed E-state index contributed by atoms with van der Waals surface area (Å²) in [5, 5.41) is 46.7. The fraction of sp³-hybridized carbons (Fsp3) is 1.00. The molecule has 6 unspecified atom stereocenters. The Morgan fingerprint density at radius 1 is 1.19 bits per heavy atom. The summed E-state index contributed by atoms with van der Waals surface area (Å²) >= 11 is 0. The normalized spacial score (nSPS) is 42.0. The molecule has 0 aromatic rings. The van der Waals surface area contributed by atoms with Crippen LogP contribution in [0, 0.1) is 0 Å². The van der Waals surface area contributed by atoms with Crippen LogP contribution in [0.2, 0.25) is 0 Å². The van der Waals surface area contributed by atoms with Gasteiger partial charge in [-0.25, -0.2) is 0 Å². The van der Waals surface area contributed by atoms with E-state index in [0.717, 1.165) is 0 Å². The first-order valence-electron chi connectivity index (χ1n) is 5.13. The van der Waals surface area contributed by atoms with Gasteiger partial charge in [0.25, 0.3) is 0 Å². The molecule has 1 aliphatic rings. The lowest BCUT2D eigenvalue weighted by Gasteiger charge is -2.41. The SMILES string of the molecule is CCOC1OC(C(O)CO)C(O)C(O)C1O. The number of aliphatic hydroxyl groups excluding tert-OH is 5. The molecule has 1 heterocycles. The molecule has 7 heteroatoms. The van der Waals surface area contributed by atoms with Crippen molar-refractivity contribution in [2.45, 2.75) is 43.7 Å². The van der Waals surface area contributed by atoms with Crippen molar-refractivity contribution in [2.24, 2.45) is 0 Å². The fourth-order valence-electron chi connectivity index (χ4n) is 1.60. The largest absolute Gasteiger partial charge is 0.394 e. The molecule has 0 radical (unpaired) electrons. The van der Waals surface area contributed by atoms with E-state index in [0.29, 0.717) is 0 Å². The third-order valence-electron chi connectivity index (χ3n) is 2.50. The Morgan fingerprint density at radius 3 is 2.31 bits per heavy atom.